The van der Waals surface area contributed by atoms with E-state index in [1.54, 1.807) is 0 Å². The van der Waals surface area contributed by atoms with Crippen LogP contribution in [-0.2, 0) is 0 Å². The fourth-order valence-corrected chi connectivity index (χ4v) is 3.61. The molecule has 1 heterocycles. The van der Waals surface area contributed by atoms with Gasteiger partial charge in [0.2, 0.25) is 0 Å². The average Bonchev–Trinajstić information content (AvgIpc) is 2.66. The first-order chi connectivity index (χ1) is 8.47. The quantitative estimate of drug-likeness (QED) is 0.792. The lowest BCUT2D eigenvalue weighted by molar-refractivity contribution is 0.0934. The van der Waals surface area contributed by atoms with Crippen LogP contribution in [0.2, 0.25) is 0 Å². The fraction of sp³-hybridized carbons (Fsp3) is 0.583. The van der Waals surface area contributed by atoms with E-state index in [-0.39, 0.29) is 11.9 Å². The van der Waals surface area contributed by atoms with E-state index in [9.17, 15) is 4.79 Å². The van der Waals surface area contributed by atoms with Gasteiger partial charge in [-0.1, -0.05) is 13.8 Å². The van der Waals surface area contributed by atoms with E-state index in [1.165, 1.54) is 11.3 Å². The topological polar surface area (TPSA) is 32.3 Å². The van der Waals surface area contributed by atoms with Crippen LogP contribution < -0.4 is 5.32 Å². The van der Waals surface area contributed by atoms with Crippen molar-refractivity contribution in [3.63, 3.8) is 0 Å². The highest BCUT2D eigenvalue weighted by Gasteiger charge is 2.15. The van der Waals surface area contributed by atoms with E-state index >= 15 is 0 Å². The first-order valence-electron chi connectivity index (χ1n) is 5.95. The molecule has 0 saturated carbocycles. The number of carbonyl (C=O) groups excluding carboxylic acids is 1. The summed E-state index contributed by atoms with van der Waals surface area (Å²) in [5.41, 5.74) is 0. The second-order valence-corrected chi connectivity index (χ2v) is 7.32. The minimum absolute atomic E-state index is 0.00828. The molecule has 0 aliphatic rings. The molecule has 1 rings (SSSR count). The zero-order valence-corrected chi connectivity index (χ0v) is 14.8. The minimum atomic E-state index is -0.00828. The largest absolute Gasteiger partial charge is 0.348 e. The number of halogens is 2. The lowest BCUT2D eigenvalue weighted by atomic mass is 10.3. The molecule has 0 fully saturated rings. The molecule has 1 aromatic heterocycles. The number of hydrogen-bond donors (Lipinski definition) is 1. The molecule has 18 heavy (non-hydrogen) atoms. The van der Waals surface area contributed by atoms with Crippen molar-refractivity contribution in [1.29, 1.82) is 0 Å². The van der Waals surface area contributed by atoms with Gasteiger partial charge in [-0.3, -0.25) is 4.79 Å². The fourth-order valence-electron chi connectivity index (χ4n) is 1.67. The first-order valence-corrected chi connectivity index (χ1v) is 8.36. The monoisotopic (exact) mass is 396 g/mol. The van der Waals surface area contributed by atoms with E-state index < -0.39 is 0 Å². The Morgan fingerprint density at radius 1 is 1.44 bits per heavy atom. The van der Waals surface area contributed by atoms with Gasteiger partial charge in [0.25, 0.3) is 5.91 Å². The Morgan fingerprint density at radius 3 is 2.50 bits per heavy atom. The zero-order chi connectivity index (χ0) is 13.7. The maximum absolute atomic E-state index is 12.0. The highest BCUT2D eigenvalue weighted by atomic mass is 79.9. The van der Waals surface area contributed by atoms with Crippen molar-refractivity contribution in [3.8, 4) is 0 Å². The number of hydrogen-bond acceptors (Lipinski definition) is 3. The van der Waals surface area contributed by atoms with Crippen LogP contribution in [0.15, 0.2) is 14.3 Å². The Bertz CT molecular complexity index is 385. The number of nitrogens with zero attached hydrogens (tertiary/aromatic N) is 1. The zero-order valence-electron chi connectivity index (χ0n) is 10.8. The summed E-state index contributed by atoms with van der Waals surface area (Å²) in [4.78, 5) is 15.0. The summed E-state index contributed by atoms with van der Waals surface area (Å²) >= 11 is 8.22. The Hall–Kier alpha value is 0.0900. The van der Waals surface area contributed by atoms with Crippen LogP contribution in [0.4, 0.5) is 0 Å². The van der Waals surface area contributed by atoms with E-state index in [0.717, 1.165) is 32.8 Å². The van der Waals surface area contributed by atoms with Crippen LogP contribution in [0.25, 0.3) is 0 Å². The van der Waals surface area contributed by atoms with E-state index in [0.29, 0.717) is 0 Å². The van der Waals surface area contributed by atoms with Crippen LogP contribution in [0.1, 0.15) is 30.4 Å². The van der Waals surface area contributed by atoms with Gasteiger partial charge in [0, 0.05) is 17.1 Å². The first kappa shape index (κ1) is 16.1. The Labute approximate surface area is 129 Å². The molecular weight excluding hydrogens is 380 g/mol. The molecule has 0 saturated heterocycles. The summed E-state index contributed by atoms with van der Waals surface area (Å²) in [7, 11) is 0. The van der Waals surface area contributed by atoms with E-state index in [2.05, 4.69) is 55.9 Å². The summed E-state index contributed by atoms with van der Waals surface area (Å²) in [5.74, 6) is -0.00828. The number of nitrogens with one attached hydrogen (secondary N) is 1. The number of likely N-dealkylation sites (N-methyl/N-ethyl adjacent to an activating group) is 1. The van der Waals surface area contributed by atoms with Gasteiger partial charge in [-0.2, -0.15) is 0 Å². The van der Waals surface area contributed by atoms with Gasteiger partial charge < -0.3 is 10.2 Å². The molecule has 102 valence electrons. The van der Waals surface area contributed by atoms with Crippen LogP contribution in [0.3, 0.4) is 0 Å². The molecular formula is C12H18Br2N2OS. The summed E-state index contributed by atoms with van der Waals surface area (Å²) in [6, 6.07) is 1.99. The number of thiophene rings is 1. The lowest BCUT2D eigenvalue weighted by Gasteiger charge is -2.23. The third-order valence-electron chi connectivity index (χ3n) is 2.67. The molecule has 0 aliphatic heterocycles. The maximum atomic E-state index is 12.0. The van der Waals surface area contributed by atoms with Crippen molar-refractivity contribution >= 4 is 49.1 Å². The second-order valence-electron chi connectivity index (χ2n) is 4.09. The predicted molar refractivity (Wildman–Crippen MR) is 84.4 cm³/mol. The summed E-state index contributed by atoms with van der Waals surface area (Å²) in [5, 5.41) is 3.02. The molecule has 0 aliphatic carbocycles. The van der Waals surface area contributed by atoms with Crippen molar-refractivity contribution in [2.24, 2.45) is 0 Å². The summed E-state index contributed by atoms with van der Waals surface area (Å²) < 4.78 is 1.87. The van der Waals surface area contributed by atoms with Gasteiger partial charge in [-0.05, 0) is 57.9 Å². The highest BCUT2D eigenvalue weighted by molar-refractivity contribution is 9.13. The molecule has 1 aromatic rings. The number of amides is 1. The van der Waals surface area contributed by atoms with Gasteiger partial charge in [0.05, 0.1) is 8.66 Å². The van der Waals surface area contributed by atoms with Gasteiger partial charge in [-0.15, -0.1) is 11.3 Å². The average molecular weight is 398 g/mol. The molecule has 0 bridgehead atoms. The Balaban J connectivity index is 2.54. The normalized spacial score (nSPS) is 12.8. The molecule has 1 unspecified atom stereocenters. The summed E-state index contributed by atoms with van der Waals surface area (Å²) in [6.07, 6.45) is 0. The van der Waals surface area contributed by atoms with Crippen LogP contribution >= 0.6 is 43.2 Å². The Morgan fingerprint density at radius 2 is 2.06 bits per heavy atom. The lowest BCUT2D eigenvalue weighted by Crippen LogP contribution is -2.41. The number of rotatable bonds is 6. The van der Waals surface area contributed by atoms with Crippen molar-refractivity contribution in [1.82, 2.24) is 10.2 Å². The van der Waals surface area contributed by atoms with Gasteiger partial charge in [-0.25, -0.2) is 0 Å². The second kappa shape index (κ2) is 7.62. The predicted octanol–water partition coefficient (Wildman–Crippen LogP) is 3.73. The molecule has 0 spiro atoms. The van der Waals surface area contributed by atoms with Crippen molar-refractivity contribution < 1.29 is 4.79 Å². The van der Waals surface area contributed by atoms with Crippen molar-refractivity contribution in [2.75, 3.05) is 19.6 Å². The number of carbonyl (C=O) groups is 1. The molecule has 0 aromatic carbocycles. The SMILES string of the molecule is CCN(CC)CC(C)NC(=O)c1cc(Br)c(Br)s1. The highest BCUT2D eigenvalue weighted by Crippen LogP contribution is 2.32. The molecule has 3 nitrogen and oxygen atoms in total. The molecule has 1 atom stereocenters. The standard InChI is InChI=1S/C12H18Br2N2OS/c1-4-16(5-2)7-8(3)15-12(17)10-6-9(13)11(14)18-10/h6,8H,4-5,7H2,1-3H3,(H,15,17). The maximum Gasteiger partial charge on any atom is 0.261 e. The van der Waals surface area contributed by atoms with E-state index in [4.69, 9.17) is 0 Å². The molecule has 1 amide bonds. The minimum Gasteiger partial charge on any atom is -0.348 e. The van der Waals surface area contributed by atoms with Crippen LogP contribution in [0, 0.1) is 0 Å². The van der Waals surface area contributed by atoms with Gasteiger partial charge >= 0.3 is 0 Å². The summed E-state index contributed by atoms with van der Waals surface area (Å²) in [6.45, 7) is 9.19. The van der Waals surface area contributed by atoms with Crippen LogP contribution in [-0.4, -0.2) is 36.5 Å². The van der Waals surface area contributed by atoms with Gasteiger partial charge in [0.15, 0.2) is 0 Å². The van der Waals surface area contributed by atoms with Crippen LogP contribution in [0.5, 0.6) is 0 Å². The van der Waals surface area contributed by atoms with Crippen molar-refractivity contribution in [3.05, 3.63) is 19.2 Å². The molecule has 6 heteroatoms. The van der Waals surface area contributed by atoms with Crippen molar-refractivity contribution in [2.45, 2.75) is 26.8 Å². The molecule has 0 radical (unpaired) electrons. The third kappa shape index (κ3) is 4.64. The smallest absolute Gasteiger partial charge is 0.261 e. The molecule has 1 N–H and O–H groups in total. The Kier molecular flexibility index (Phi) is 6.84. The third-order valence-corrected chi connectivity index (χ3v) is 5.93. The van der Waals surface area contributed by atoms with Gasteiger partial charge in [0.1, 0.15) is 0 Å². The van der Waals surface area contributed by atoms with E-state index in [1.807, 2.05) is 13.0 Å².